The molecule has 0 saturated carbocycles. The number of nitro groups is 1. The van der Waals surface area contributed by atoms with Gasteiger partial charge in [0.25, 0.3) is 5.69 Å². The van der Waals surface area contributed by atoms with E-state index in [0.29, 0.717) is 13.0 Å². The number of ether oxygens (including phenoxy) is 2. The van der Waals surface area contributed by atoms with Crippen molar-refractivity contribution in [1.29, 1.82) is 0 Å². The zero-order valence-corrected chi connectivity index (χ0v) is 14.2. The fourth-order valence-electron chi connectivity index (χ4n) is 1.89. The highest BCUT2D eigenvalue weighted by Crippen LogP contribution is 2.28. The monoisotopic (exact) mass is 357 g/mol. The molecule has 24 heavy (non-hydrogen) atoms. The molecule has 1 aromatic carbocycles. The van der Waals surface area contributed by atoms with Gasteiger partial charge in [-0.1, -0.05) is 31.0 Å². The maximum Gasteiger partial charge on any atom is 0.306 e. The fourth-order valence-corrected chi connectivity index (χ4v) is 2.15. The zero-order valence-electron chi connectivity index (χ0n) is 13.5. The van der Waals surface area contributed by atoms with E-state index in [1.165, 1.54) is 12.1 Å². The minimum atomic E-state index is -0.613. The van der Waals surface area contributed by atoms with E-state index in [1.807, 2.05) is 6.92 Å². The van der Waals surface area contributed by atoms with Crippen molar-refractivity contribution in [2.45, 2.75) is 45.6 Å². The average Bonchev–Trinajstić information content (AvgIpc) is 2.52. The van der Waals surface area contributed by atoms with Crippen LogP contribution in [0.3, 0.4) is 0 Å². The third-order valence-electron chi connectivity index (χ3n) is 3.16. The molecule has 1 rings (SSSR count). The first kappa shape index (κ1) is 19.9. The van der Waals surface area contributed by atoms with Gasteiger partial charge in [-0.15, -0.1) is 0 Å². The summed E-state index contributed by atoms with van der Waals surface area (Å²) in [5, 5.41) is 11.0. The number of hydrogen-bond acceptors (Lipinski definition) is 6. The summed E-state index contributed by atoms with van der Waals surface area (Å²) in [6.45, 7) is 2.14. The molecule has 0 aliphatic rings. The van der Waals surface area contributed by atoms with Crippen LogP contribution >= 0.6 is 11.6 Å². The molecule has 0 amide bonds. The first-order valence-electron chi connectivity index (χ1n) is 7.68. The average molecular weight is 358 g/mol. The van der Waals surface area contributed by atoms with Crippen LogP contribution < -0.4 is 0 Å². The molecule has 0 unspecified atom stereocenters. The number of rotatable bonds is 10. The van der Waals surface area contributed by atoms with E-state index >= 15 is 0 Å². The molecular weight excluding hydrogens is 338 g/mol. The molecule has 0 fully saturated rings. The van der Waals surface area contributed by atoms with Crippen LogP contribution in [0.1, 0.15) is 44.6 Å². The minimum absolute atomic E-state index is 0.0108. The smallest absolute Gasteiger partial charge is 0.306 e. The number of para-hydroxylation sites is 1. The highest BCUT2D eigenvalue weighted by molar-refractivity contribution is 6.32. The highest BCUT2D eigenvalue weighted by Gasteiger charge is 2.19. The molecule has 0 spiro atoms. The second-order valence-electron chi connectivity index (χ2n) is 5.09. The predicted molar refractivity (Wildman–Crippen MR) is 87.6 cm³/mol. The normalized spacial score (nSPS) is 10.2. The number of nitro benzene ring substituents is 1. The SMILES string of the molecule is CCCCOC(=O)CCCC(=O)OCc1cccc(Cl)c1[N+](=O)[O-]. The second kappa shape index (κ2) is 10.6. The number of carbonyl (C=O) groups excluding carboxylic acids is 2. The van der Waals surface area contributed by atoms with Crippen LogP contribution in [0.4, 0.5) is 5.69 Å². The van der Waals surface area contributed by atoms with Crippen LogP contribution in [-0.4, -0.2) is 23.5 Å². The first-order chi connectivity index (χ1) is 11.5. The lowest BCUT2D eigenvalue weighted by molar-refractivity contribution is -0.385. The molecule has 7 nitrogen and oxygen atoms in total. The van der Waals surface area contributed by atoms with Gasteiger partial charge in [-0.05, 0) is 25.0 Å². The Bertz CT molecular complexity index is 590. The van der Waals surface area contributed by atoms with Crippen LogP contribution in [0.2, 0.25) is 5.02 Å². The third-order valence-corrected chi connectivity index (χ3v) is 3.47. The summed E-state index contributed by atoms with van der Waals surface area (Å²) in [4.78, 5) is 33.4. The van der Waals surface area contributed by atoms with E-state index in [1.54, 1.807) is 6.07 Å². The molecule has 0 heterocycles. The molecule has 0 aliphatic heterocycles. The maximum atomic E-state index is 11.6. The van der Waals surface area contributed by atoms with E-state index in [0.717, 1.165) is 12.8 Å². The number of benzene rings is 1. The molecule has 1 aromatic rings. The minimum Gasteiger partial charge on any atom is -0.466 e. The van der Waals surface area contributed by atoms with Gasteiger partial charge < -0.3 is 9.47 Å². The van der Waals surface area contributed by atoms with Crippen molar-refractivity contribution in [1.82, 2.24) is 0 Å². The van der Waals surface area contributed by atoms with Crippen molar-refractivity contribution < 1.29 is 24.0 Å². The third kappa shape index (κ3) is 6.95. The van der Waals surface area contributed by atoms with Crippen molar-refractivity contribution in [3.8, 4) is 0 Å². The van der Waals surface area contributed by atoms with Crippen LogP contribution in [0.5, 0.6) is 0 Å². The van der Waals surface area contributed by atoms with Gasteiger partial charge in [0.1, 0.15) is 11.6 Å². The number of nitrogens with zero attached hydrogens (tertiary/aromatic N) is 1. The van der Waals surface area contributed by atoms with Crippen LogP contribution in [0, 0.1) is 10.1 Å². The molecule has 0 aromatic heterocycles. The van der Waals surface area contributed by atoms with Gasteiger partial charge >= 0.3 is 11.9 Å². The molecule has 0 N–H and O–H groups in total. The molecule has 8 heteroatoms. The lowest BCUT2D eigenvalue weighted by Gasteiger charge is -2.07. The Hall–Kier alpha value is -2.15. The van der Waals surface area contributed by atoms with E-state index in [9.17, 15) is 19.7 Å². The summed E-state index contributed by atoms with van der Waals surface area (Å²) in [6, 6.07) is 4.42. The topological polar surface area (TPSA) is 95.7 Å². The Morgan fingerprint density at radius 2 is 1.83 bits per heavy atom. The number of esters is 2. The number of halogens is 1. The molecule has 0 radical (unpaired) electrons. The van der Waals surface area contributed by atoms with Gasteiger partial charge in [-0.2, -0.15) is 0 Å². The van der Waals surface area contributed by atoms with Crippen molar-refractivity contribution in [2.24, 2.45) is 0 Å². The summed E-state index contributed by atoms with van der Waals surface area (Å²) < 4.78 is 9.97. The van der Waals surface area contributed by atoms with Gasteiger partial charge in [0, 0.05) is 12.8 Å². The Kier molecular flexibility index (Phi) is 8.78. The molecule has 0 bridgehead atoms. The molecule has 132 valence electrons. The van der Waals surface area contributed by atoms with E-state index < -0.39 is 10.9 Å². The zero-order chi connectivity index (χ0) is 17.9. The van der Waals surface area contributed by atoms with Crippen molar-refractivity contribution in [3.63, 3.8) is 0 Å². The fraction of sp³-hybridized carbons (Fsp3) is 0.500. The van der Waals surface area contributed by atoms with E-state index in [-0.39, 0.29) is 41.7 Å². The first-order valence-corrected chi connectivity index (χ1v) is 8.06. The predicted octanol–water partition coefficient (Wildman–Crippen LogP) is 3.81. The van der Waals surface area contributed by atoms with E-state index in [2.05, 4.69) is 0 Å². The highest BCUT2D eigenvalue weighted by atomic mass is 35.5. The molecule has 0 aliphatic carbocycles. The lowest BCUT2D eigenvalue weighted by Crippen LogP contribution is -2.09. The number of carbonyl (C=O) groups is 2. The molecule has 0 saturated heterocycles. The molecule has 0 atom stereocenters. The standard InChI is InChI=1S/C16H20ClNO6/c1-2-3-10-23-14(19)8-5-9-15(20)24-11-12-6-4-7-13(17)16(12)18(21)22/h4,6-7H,2-3,5,8-11H2,1H3. The van der Waals surface area contributed by atoms with Crippen molar-refractivity contribution in [3.05, 3.63) is 38.9 Å². The van der Waals surface area contributed by atoms with Gasteiger partial charge in [-0.3, -0.25) is 19.7 Å². The van der Waals surface area contributed by atoms with E-state index in [4.69, 9.17) is 21.1 Å². The summed E-state index contributed by atoms with van der Waals surface area (Å²) in [5.41, 5.74) is -0.0497. The molecular formula is C16H20ClNO6. The Morgan fingerprint density at radius 1 is 1.17 bits per heavy atom. The lowest BCUT2D eigenvalue weighted by atomic mass is 10.2. The van der Waals surface area contributed by atoms with Crippen molar-refractivity contribution in [2.75, 3.05) is 6.61 Å². The van der Waals surface area contributed by atoms with Crippen LogP contribution in [0.25, 0.3) is 0 Å². The second-order valence-corrected chi connectivity index (χ2v) is 5.50. The summed E-state index contributed by atoms with van der Waals surface area (Å²) in [5.74, 6) is -0.882. The van der Waals surface area contributed by atoms with Gasteiger partial charge in [0.2, 0.25) is 0 Å². The van der Waals surface area contributed by atoms with Gasteiger partial charge in [0.15, 0.2) is 0 Å². The quantitative estimate of drug-likeness (QED) is 0.273. The maximum absolute atomic E-state index is 11.6. The summed E-state index contributed by atoms with van der Waals surface area (Å²) in [7, 11) is 0. The number of hydrogen-bond donors (Lipinski definition) is 0. The largest absolute Gasteiger partial charge is 0.466 e. The summed E-state index contributed by atoms with van der Waals surface area (Å²) in [6.07, 6.45) is 2.23. The Morgan fingerprint density at radius 3 is 2.46 bits per heavy atom. The van der Waals surface area contributed by atoms with Crippen LogP contribution in [-0.2, 0) is 25.7 Å². The van der Waals surface area contributed by atoms with Gasteiger partial charge in [0.05, 0.1) is 17.1 Å². The van der Waals surface area contributed by atoms with Gasteiger partial charge in [-0.25, -0.2) is 0 Å². The number of unbranched alkanes of at least 4 members (excludes halogenated alkanes) is 1. The Balaban J connectivity index is 2.36. The Labute approximate surface area is 145 Å². The summed E-state index contributed by atoms with van der Waals surface area (Å²) >= 11 is 5.78. The van der Waals surface area contributed by atoms with Crippen molar-refractivity contribution >= 4 is 29.2 Å². The van der Waals surface area contributed by atoms with Crippen LogP contribution in [0.15, 0.2) is 18.2 Å².